The molecule has 0 radical (unpaired) electrons. The lowest BCUT2D eigenvalue weighted by atomic mass is 10.0. The Morgan fingerprint density at radius 3 is 2.56 bits per heavy atom. The topological polar surface area (TPSA) is 93.0 Å². The summed E-state index contributed by atoms with van der Waals surface area (Å²) < 4.78 is 1.75. The maximum atomic E-state index is 13.1. The van der Waals surface area contributed by atoms with Crippen LogP contribution >= 0.6 is 0 Å². The van der Waals surface area contributed by atoms with Crippen LogP contribution in [0.2, 0.25) is 0 Å². The minimum absolute atomic E-state index is 0.166. The number of hydrogen-bond acceptors (Lipinski definition) is 4. The maximum Gasteiger partial charge on any atom is 0.417 e. The van der Waals surface area contributed by atoms with Crippen molar-refractivity contribution < 1.29 is 23.8 Å². The van der Waals surface area contributed by atoms with Gasteiger partial charge in [0.25, 0.3) is 17.6 Å². The Labute approximate surface area is 187 Å². The van der Waals surface area contributed by atoms with Gasteiger partial charge in [0, 0.05) is 33.1 Å². The van der Waals surface area contributed by atoms with Gasteiger partial charge in [-0.15, -0.1) is 0 Å². The Morgan fingerprint density at radius 2 is 1.88 bits per heavy atom. The normalized spacial score (nSPS) is 20.8. The molecule has 3 aliphatic heterocycles. The zero-order valence-electron chi connectivity index (χ0n) is 18.4. The third-order valence-corrected chi connectivity index (χ3v) is 6.16. The molecule has 0 bridgehead atoms. The van der Waals surface area contributed by atoms with Gasteiger partial charge in [0.05, 0.1) is 7.05 Å². The van der Waals surface area contributed by atoms with E-state index in [0.717, 1.165) is 23.4 Å². The van der Waals surface area contributed by atoms with Crippen LogP contribution in [0, 0.1) is 5.92 Å². The van der Waals surface area contributed by atoms with E-state index in [0.29, 0.717) is 44.0 Å². The molecule has 3 heterocycles. The monoisotopic (exact) mass is 438 g/mol. The largest absolute Gasteiger partial charge is 0.417 e. The number of nitrogens with zero attached hydrogens (tertiary/aromatic N) is 4. The predicted octanol–water partition coefficient (Wildman–Crippen LogP) is 0.764. The van der Waals surface area contributed by atoms with Crippen LogP contribution in [-0.2, 0) is 20.9 Å². The summed E-state index contributed by atoms with van der Waals surface area (Å²) in [7, 11) is 3.07. The number of benzene rings is 1. The number of carbonyl (C=O) groups excluding carboxylic acids is 4. The van der Waals surface area contributed by atoms with Crippen molar-refractivity contribution in [2.24, 2.45) is 5.92 Å². The molecule has 0 spiro atoms. The van der Waals surface area contributed by atoms with Crippen molar-refractivity contribution in [3.05, 3.63) is 47.7 Å². The zero-order chi connectivity index (χ0) is 22.8. The van der Waals surface area contributed by atoms with Crippen LogP contribution in [0.4, 0.5) is 4.79 Å². The summed E-state index contributed by atoms with van der Waals surface area (Å²) in [4.78, 5) is 54.5. The van der Waals surface area contributed by atoms with Gasteiger partial charge in [0.2, 0.25) is 5.91 Å². The second-order valence-corrected chi connectivity index (χ2v) is 8.29. The first-order valence-electron chi connectivity index (χ1n) is 10.9. The first-order chi connectivity index (χ1) is 15.4. The standard InChI is InChI=1S/C23H27N5O4/c1-25-21-17(22(31)26(2)23(25)32)14-18(28(21)15-16-8-4-3-5-9-16)20(30)24-11-7-13-27-12-6-10-19(27)29/h3-5,8-9,14,17H,6-7,10-13,15H2,1-2H3/p+1. The highest BCUT2D eigenvalue weighted by Gasteiger charge is 2.51. The van der Waals surface area contributed by atoms with Gasteiger partial charge in [-0.2, -0.15) is 4.90 Å². The molecule has 9 heteroatoms. The SMILES string of the molecule is CN1C(=O)C2C=C(C(=O)NCCCN3CCCC3=O)[N+](Cc3ccccc3)=C2N(C)C1=O. The Kier molecular flexibility index (Phi) is 6.07. The van der Waals surface area contributed by atoms with Crippen molar-refractivity contribution in [1.29, 1.82) is 0 Å². The van der Waals surface area contributed by atoms with Crippen molar-refractivity contribution in [2.75, 3.05) is 33.7 Å². The molecule has 168 valence electrons. The highest BCUT2D eigenvalue weighted by molar-refractivity contribution is 6.19. The molecular formula is C23H28N5O4+. The molecule has 1 N–H and O–H groups in total. The third-order valence-electron chi connectivity index (χ3n) is 6.16. The van der Waals surface area contributed by atoms with E-state index in [2.05, 4.69) is 5.32 Å². The number of fused-ring (bicyclic) bond motifs is 1. The summed E-state index contributed by atoms with van der Waals surface area (Å²) in [5.74, 6) is -0.674. The van der Waals surface area contributed by atoms with Crippen LogP contribution in [0.1, 0.15) is 24.8 Å². The molecule has 1 unspecified atom stereocenters. The van der Waals surface area contributed by atoms with E-state index in [1.54, 1.807) is 17.7 Å². The summed E-state index contributed by atoms with van der Waals surface area (Å²) in [5, 5.41) is 2.91. The summed E-state index contributed by atoms with van der Waals surface area (Å²) >= 11 is 0. The van der Waals surface area contributed by atoms with Gasteiger partial charge in [0.15, 0.2) is 11.6 Å². The van der Waals surface area contributed by atoms with Crippen molar-refractivity contribution in [3.63, 3.8) is 0 Å². The Morgan fingerprint density at radius 1 is 1.12 bits per heavy atom. The molecule has 1 atom stereocenters. The summed E-state index contributed by atoms with van der Waals surface area (Å²) in [5.41, 5.74) is 1.31. The van der Waals surface area contributed by atoms with Crippen molar-refractivity contribution in [3.8, 4) is 0 Å². The van der Waals surface area contributed by atoms with Gasteiger partial charge in [-0.05, 0) is 24.5 Å². The fraction of sp³-hybridized carbons (Fsp3) is 0.435. The van der Waals surface area contributed by atoms with Crippen molar-refractivity contribution in [1.82, 2.24) is 20.0 Å². The molecule has 3 aliphatic rings. The molecule has 1 aromatic carbocycles. The van der Waals surface area contributed by atoms with Gasteiger partial charge >= 0.3 is 6.03 Å². The average Bonchev–Trinajstić information content (AvgIpc) is 3.38. The van der Waals surface area contributed by atoms with E-state index in [1.807, 2.05) is 35.2 Å². The van der Waals surface area contributed by atoms with Crippen LogP contribution in [0.15, 0.2) is 42.1 Å². The molecule has 0 saturated carbocycles. The number of imide groups is 1. The van der Waals surface area contributed by atoms with Gasteiger partial charge in [0.1, 0.15) is 6.54 Å². The molecule has 0 aromatic heterocycles. The zero-order valence-corrected chi connectivity index (χ0v) is 18.4. The number of likely N-dealkylation sites (tertiary alicyclic amines) is 1. The van der Waals surface area contributed by atoms with E-state index < -0.39 is 11.9 Å². The highest BCUT2D eigenvalue weighted by Crippen LogP contribution is 2.27. The molecule has 1 aromatic rings. The van der Waals surface area contributed by atoms with E-state index in [4.69, 9.17) is 0 Å². The number of amides is 5. The highest BCUT2D eigenvalue weighted by atomic mass is 16.2. The van der Waals surface area contributed by atoms with Crippen LogP contribution in [0.5, 0.6) is 0 Å². The fourth-order valence-electron chi connectivity index (χ4n) is 4.44. The first-order valence-corrected chi connectivity index (χ1v) is 10.9. The minimum atomic E-state index is -0.686. The lowest BCUT2D eigenvalue weighted by Gasteiger charge is -2.27. The van der Waals surface area contributed by atoms with E-state index in [1.165, 1.54) is 11.9 Å². The fourth-order valence-corrected chi connectivity index (χ4v) is 4.44. The van der Waals surface area contributed by atoms with Crippen LogP contribution in [0.25, 0.3) is 0 Å². The third kappa shape index (κ3) is 4.02. The molecule has 0 aliphatic carbocycles. The number of hydrogen-bond donors (Lipinski definition) is 1. The number of rotatable bonds is 7. The van der Waals surface area contributed by atoms with Gasteiger partial charge in [-0.3, -0.25) is 14.4 Å². The predicted molar refractivity (Wildman–Crippen MR) is 116 cm³/mol. The van der Waals surface area contributed by atoms with Crippen LogP contribution < -0.4 is 5.32 Å². The number of urea groups is 1. The molecule has 2 saturated heterocycles. The smallest absolute Gasteiger partial charge is 0.349 e. The Hall–Kier alpha value is -3.49. The van der Waals surface area contributed by atoms with Crippen molar-refractivity contribution >= 4 is 29.6 Å². The Bertz CT molecular complexity index is 1020. The molecule has 9 nitrogen and oxygen atoms in total. The second kappa shape index (κ2) is 8.94. The van der Waals surface area contributed by atoms with E-state index in [9.17, 15) is 19.2 Å². The molecular weight excluding hydrogens is 410 g/mol. The average molecular weight is 439 g/mol. The summed E-state index contributed by atoms with van der Waals surface area (Å²) in [6.45, 7) is 2.18. The van der Waals surface area contributed by atoms with Crippen molar-refractivity contribution in [2.45, 2.75) is 25.8 Å². The lowest BCUT2D eigenvalue weighted by molar-refractivity contribution is -0.490. The number of nitrogens with one attached hydrogen (secondary N) is 1. The van der Waals surface area contributed by atoms with Gasteiger partial charge < -0.3 is 10.2 Å². The van der Waals surface area contributed by atoms with Gasteiger partial charge in [-0.25, -0.2) is 14.3 Å². The Balaban J connectivity index is 1.53. The van der Waals surface area contributed by atoms with E-state index in [-0.39, 0.29) is 17.7 Å². The molecule has 32 heavy (non-hydrogen) atoms. The maximum absolute atomic E-state index is 13.1. The molecule has 5 amide bonds. The summed E-state index contributed by atoms with van der Waals surface area (Å²) in [6.07, 6.45) is 3.78. The van der Waals surface area contributed by atoms with Crippen LogP contribution in [-0.4, -0.2) is 82.6 Å². The number of amidine groups is 1. The quantitative estimate of drug-likeness (QED) is 0.503. The number of carbonyl (C=O) groups is 4. The first kappa shape index (κ1) is 21.7. The minimum Gasteiger partial charge on any atom is -0.349 e. The van der Waals surface area contributed by atoms with E-state index >= 15 is 0 Å². The van der Waals surface area contributed by atoms with Crippen LogP contribution in [0.3, 0.4) is 0 Å². The van der Waals surface area contributed by atoms with Gasteiger partial charge in [-0.1, -0.05) is 30.3 Å². The lowest BCUT2D eigenvalue weighted by Crippen LogP contribution is -2.57. The molecule has 2 fully saturated rings. The summed E-state index contributed by atoms with van der Waals surface area (Å²) in [6, 6.07) is 9.18. The molecule has 4 rings (SSSR count). The second-order valence-electron chi connectivity index (χ2n) is 8.29.